The number of hydrogen-bond acceptors (Lipinski definition) is 2. The molecule has 0 aliphatic heterocycles. The normalized spacial score (nSPS) is 23.8. The van der Waals surface area contributed by atoms with Crippen LogP contribution in [0.1, 0.15) is 38.7 Å². The highest BCUT2D eigenvalue weighted by Crippen LogP contribution is 2.48. The summed E-state index contributed by atoms with van der Waals surface area (Å²) in [6.07, 6.45) is 0.835. The van der Waals surface area contributed by atoms with Gasteiger partial charge in [-0.25, -0.2) is 0 Å². The molecule has 0 heterocycles. The first kappa shape index (κ1) is 16.6. The van der Waals surface area contributed by atoms with Crippen molar-refractivity contribution in [3.8, 4) is 0 Å². The number of rotatable bonds is 5. The van der Waals surface area contributed by atoms with Crippen molar-refractivity contribution in [1.82, 2.24) is 5.32 Å². The van der Waals surface area contributed by atoms with Crippen molar-refractivity contribution in [1.29, 1.82) is 0 Å². The van der Waals surface area contributed by atoms with E-state index in [1.807, 2.05) is 19.1 Å². The lowest BCUT2D eigenvalue weighted by atomic mass is 9.88. The van der Waals surface area contributed by atoms with E-state index in [0.717, 1.165) is 12.0 Å². The highest BCUT2D eigenvalue weighted by Gasteiger charge is 2.46. The summed E-state index contributed by atoms with van der Waals surface area (Å²) >= 11 is 12.0. The maximum atomic E-state index is 12.4. The number of carbonyl (C=O) groups is 1. The van der Waals surface area contributed by atoms with E-state index in [9.17, 15) is 4.79 Å². The molecule has 2 rings (SSSR count). The van der Waals surface area contributed by atoms with Crippen molar-refractivity contribution < 1.29 is 4.79 Å². The van der Waals surface area contributed by atoms with Gasteiger partial charge in [0, 0.05) is 22.5 Å². The van der Waals surface area contributed by atoms with E-state index >= 15 is 0 Å². The topological polar surface area (TPSA) is 55.1 Å². The predicted octanol–water partition coefficient (Wildman–Crippen LogP) is 3.59. The van der Waals surface area contributed by atoms with Gasteiger partial charge in [-0.05, 0) is 48.9 Å². The predicted molar refractivity (Wildman–Crippen MR) is 87.8 cm³/mol. The first-order chi connectivity index (χ1) is 9.76. The standard InChI is InChI=1S/C16H22Cl2N2O/c1-9(2)16(3,8-19)20-15(21)14-7-13(14)10-4-11(17)6-12(18)5-10/h4-6,9,13-14H,7-8,19H2,1-3H3,(H,20,21). The molecule has 1 aliphatic rings. The number of nitrogens with two attached hydrogens (primary N) is 1. The number of hydrogen-bond donors (Lipinski definition) is 2. The van der Waals surface area contributed by atoms with Crippen LogP contribution in [0.4, 0.5) is 0 Å². The molecule has 3 atom stereocenters. The molecule has 0 radical (unpaired) electrons. The fourth-order valence-corrected chi connectivity index (χ4v) is 2.99. The molecule has 3 unspecified atom stereocenters. The molecule has 1 saturated carbocycles. The quantitative estimate of drug-likeness (QED) is 0.867. The summed E-state index contributed by atoms with van der Waals surface area (Å²) in [7, 11) is 0. The molecule has 5 heteroatoms. The Kier molecular flexibility index (Phi) is 4.86. The highest BCUT2D eigenvalue weighted by atomic mass is 35.5. The zero-order valence-corrected chi connectivity index (χ0v) is 14.1. The van der Waals surface area contributed by atoms with E-state index in [0.29, 0.717) is 16.6 Å². The smallest absolute Gasteiger partial charge is 0.224 e. The third-order valence-corrected chi connectivity index (χ3v) is 4.98. The lowest BCUT2D eigenvalue weighted by Gasteiger charge is -2.33. The molecule has 21 heavy (non-hydrogen) atoms. The van der Waals surface area contributed by atoms with Crippen molar-refractivity contribution >= 4 is 29.1 Å². The van der Waals surface area contributed by atoms with Crippen LogP contribution in [0, 0.1) is 11.8 Å². The summed E-state index contributed by atoms with van der Waals surface area (Å²) in [6, 6.07) is 5.47. The van der Waals surface area contributed by atoms with E-state index in [-0.39, 0.29) is 29.2 Å². The molecule has 116 valence electrons. The zero-order chi connectivity index (χ0) is 15.8. The monoisotopic (exact) mass is 328 g/mol. The van der Waals surface area contributed by atoms with Crippen LogP contribution in [0.25, 0.3) is 0 Å². The molecule has 0 spiro atoms. The summed E-state index contributed by atoms with van der Waals surface area (Å²) in [5.74, 6) is 0.543. The molecule has 0 saturated heterocycles. The Balaban J connectivity index is 2.04. The van der Waals surface area contributed by atoms with Gasteiger partial charge in [0.05, 0.1) is 5.54 Å². The Bertz CT molecular complexity index is 527. The minimum Gasteiger partial charge on any atom is -0.349 e. The van der Waals surface area contributed by atoms with Gasteiger partial charge in [-0.3, -0.25) is 4.79 Å². The maximum Gasteiger partial charge on any atom is 0.224 e. The lowest BCUT2D eigenvalue weighted by Crippen LogP contribution is -2.55. The average molecular weight is 329 g/mol. The summed E-state index contributed by atoms with van der Waals surface area (Å²) < 4.78 is 0. The van der Waals surface area contributed by atoms with Crippen LogP contribution in [0.15, 0.2) is 18.2 Å². The summed E-state index contributed by atoms with van der Waals surface area (Å²) in [6.45, 7) is 6.54. The Morgan fingerprint density at radius 3 is 2.43 bits per heavy atom. The number of halogens is 2. The molecule has 3 nitrogen and oxygen atoms in total. The van der Waals surface area contributed by atoms with E-state index in [1.54, 1.807) is 6.07 Å². The van der Waals surface area contributed by atoms with E-state index < -0.39 is 0 Å². The number of carbonyl (C=O) groups excluding carboxylic acids is 1. The van der Waals surface area contributed by atoms with Gasteiger partial charge in [0.2, 0.25) is 5.91 Å². The van der Waals surface area contributed by atoms with E-state index in [2.05, 4.69) is 19.2 Å². The van der Waals surface area contributed by atoms with Crippen LogP contribution in [0.5, 0.6) is 0 Å². The Labute approximate surface area is 136 Å². The van der Waals surface area contributed by atoms with Crippen LogP contribution in [0.3, 0.4) is 0 Å². The molecule has 1 amide bonds. The molecule has 1 aromatic rings. The van der Waals surface area contributed by atoms with Crippen molar-refractivity contribution in [2.45, 2.75) is 38.6 Å². The molecule has 1 fully saturated rings. The van der Waals surface area contributed by atoms with Gasteiger partial charge in [-0.15, -0.1) is 0 Å². The largest absolute Gasteiger partial charge is 0.349 e. The first-order valence-electron chi connectivity index (χ1n) is 7.25. The van der Waals surface area contributed by atoms with Crippen LogP contribution >= 0.6 is 23.2 Å². The number of nitrogens with one attached hydrogen (secondary N) is 1. The van der Waals surface area contributed by atoms with Gasteiger partial charge in [0.1, 0.15) is 0 Å². The van der Waals surface area contributed by atoms with Crippen LogP contribution in [0.2, 0.25) is 10.0 Å². The molecular formula is C16H22Cl2N2O. The average Bonchev–Trinajstić information content (AvgIpc) is 3.17. The minimum absolute atomic E-state index is 0.0100. The molecular weight excluding hydrogens is 307 g/mol. The van der Waals surface area contributed by atoms with E-state index in [4.69, 9.17) is 28.9 Å². The minimum atomic E-state index is -0.365. The maximum absolute atomic E-state index is 12.4. The van der Waals surface area contributed by atoms with Crippen LogP contribution < -0.4 is 11.1 Å². The molecule has 0 aromatic heterocycles. The molecule has 1 aliphatic carbocycles. The Morgan fingerprint density at radius 1 is 1.38 bits per heavy atom. The molecule has 1 aromatic carbocycles. The highest BCUT2D eigenvalue weighted by molar-refractivity contribution is 6.34. The molecule has 0 bridgehead atoms. The van der Waals surface area contributed by atoms with Gasteiger partial charge in [0.15, 0.2) is 0 Å². The van der Waals surface area contributed by atoms with Gasteiger partial charge in [-0.2, -0.15) is 0 Å². The van der Waals surface area contributed by atoms with Crippen molar-refractivity contribution in [3.05, 3.63) is 33.8 Å². The molecule has 3 N–H and O–H groups in total. The summed E-state index contributed by atoms with van der Waals surface area (Å²) in [4.78, 5) is 12.4. The van der Waals surface area contributed by atoms with Gasteiger partial charge < -0.3 is 11.1 Å². The van der Waals surface area contributed by atoms with Crippen molar-refractivity contribution in [2.75, 3.05) is 6.54 Å². The number of benzene rings is 1. The van der Waals surface area contributed by atoms with Gasteiger partial charge >= 0.3 is 0 Å². The van der Waals surface area contributed by atoms with Gasteiger partial charge in [0.25, 0.3) is 0 Å². The SMILES string of the molecule is CC(C)C(C)(CN)NC(=O)C1CC1c1cc(Cl)cc(Cl)c1. The zero-order valence-electron chi connectivity index (χ0n) is 12.6. The fourth-order valence-electron chi connectivity index (χ4n) is 2.45. The second kappa shape index (κ2) is 6.15. The van der Waals surface area contributed by atoms with Gasteiger partial charge in [-0.1, -0.05) is 37.0 Å². The second-order valence-corrected chi connectivity index (χ2v) is 7.29. The summed E-state index contributed by atoms with van der Waals surface area (Å²) in [5, 5.41) is 4.32. The lowest BCUT2D eigenvalue weighted by molar-refractivity contribution is -0.124. The first-order valence-corrected chi connectivity index (χ1v) is 8.00. The second-order valence-electron chi connectivity index (χ2n) is 6.42. The number of amides is 1. The van der Waals surface area contributed by atoms with Crippen LogP contribution in [-0.4, -0.2) is 18.0 Å². The third-order valence-electron chi connectivity index (χ3n) is 4.55. The Hall–Kier alpha value is -0.770. The Morgan fingerprint density at radius 2 is 1.95 bits per heavy atom. The van der Waals surface area contributed by atoms with E-state index in [1.165, 1.54) is 0 Å². The fraction of sp³-hybridized carbons (Fsp3) is 0.562. The summed E-state index contributed by atoms with van der Waals surface area (Å²) in [5.41, 5.74) is 6.48. The van der Waals surface area contributed by atoms with Crippen molar-refractivity contribution in [2.24, 2.45) is 17.6 Å². The van der Waals surface area contributed by atoms with Crippen LogP contribution in [-0.2, 0) is 4.79 Å². The third kappa shape index (κ3) is 3.71. The van der Waals surface area contributed by atoms with Crippen molar-refractivity contribution in [3.63, 3.8) is 0 Å².